The molecule has 2 N–H and O–H groups in total. The van der Waals surface area contributed by atoms with E-state index in [9.17, 15) is 8.42 Å². The van der Waals surface area contributed by atoms with Crippen LogP contribution in [0.3, 0.4) is 0 Å². The molecule has 0 spiro atoms. The smallest absolute Gasteiger partial charge is 0.273 e. The van der Waals surface area contributed by atoms with Crippen molar-refractivity contribution in [3.8, 4) is 10.7 Å². The Morgan fingerprint density at radius 2 is 2.00 bits per heavy atom. The average Bonchev–Trinajstić information content (AvgIpc) is 3.02. The number of nitrogens with two attached hydrogens (primary N) is 1. The zero-order valence-corrected chi connectivity index (χ0v) is 13.1. The van der Waals surface area contributed by atoms with Gasteiger partial charge in [0.1, 0.15) is 0 Å². The van der Waals surface area contributed by atoms with Gasteiger partial charge in [-0.3, -0.25) is 4.57 Å². The molecule has 4 rings (SSSR count). The summed E-state index contributed by atoms with van der Waals surface area (Å²) < 4.78 is 25.1. The lowest BCUT2D eigenvalue weighted by Crippen LogP contribution is -2.18. The van der Waals surface area contributed by atoms with Crippen molar-refractivity contribution in [2.45, 2.75) is 49.7 Å². The first-order chi connectivity index (χ1) is 10.0. The topological polar surface area (TPSA) is 90.9 Å². The van der Waals surface area contributed by atoms with Crippen LogP contribution in [0.1, 0.15) is 42.2 Å². The summed E-state index contributed by atoms with van der Waals surface area (Å²) in [4.78, 5) is 2.41. The van der Waals surface area contributed by atoms with Crippen LogP contribution in [0, 0.1) is 0 Å². The predicted octanol–water partition coefficient (Wildman–Crippen LogP) is 1.87. The van der Waals surface area contributed by atoms with Crippen molar-refractivity contribution in [3.63, 3.8) is 0 Å². The van der Waals surface area contributed by atoms with Crippen LogP contribution in [0.2, 0.25) is 0 Å². The highest BCUT2D eigenvalue weighted by atomic mass is 32.2. The molecule has 0 amide bonds. The van der Waals surface area contributed by atoms with Crippen LogP contribution in [0.5, 0.6) is 0 Å². The van der Waals surface area contributed by atoms with Gasteiger partial charge in [0, 0.05) is 10.9 Å². The van der Waals surface area contributed by atoms with Crippen LogP contribution in [-0.4, -0.2) is 23.2 Å². The van der Waals surface area contributed by atoms with E-state index in [4.69, 9.17) is 5.14 Å². The molecule has 0 aliphatic heterocycles. The Bertz CT molecular complexity index is 779. The van der Waals surface area contributed by atoms with E-state index in [1.54, 1.807) is 15.9 Å². The summed E-state index contributed by atoms with van der Waals surface area (Å²) in [6.07, 6.45) is 6.58. The van der Waals surface area contributed by atoms with Gasteiger partial charge in [0.05, 0.1) is 4.88 Å². The Morgan fingerprint density at radius 1 is 1.24 bits per heavy atom. The minimum atomic E-state index is -3.83. The van der Waals surface area contributed by atoms with Gasteiger partial charge in [-0.2, -0.15) is 0 Å². The van der Waals surface area contributed by atoms with Gasteiger partial charge < -0.3 is 0 Å². The number of aryl methyl sites for hydroxylation is 2. The van der Waals surface area contributed by atoms with E-state index >= 15 is 0 Å². The summed E-state index contributed by atoms with van der Waals surface area (Å²) in [6.45, 7) is 0. The minimum absolute atomic E-state index is 0.105. The second-order valence-corrected chi connectivity index (χ2v) is 8.31. The molecule has 6 nitrogen and oxygen atoms in total. The molecule has 0 radical (unpaired) electrons. The standard InChI is InChI=1S/C13H16N4O2S2/c14-21(18,19)13-16-15-12(17(13)9-5-6-9)11-7-8-3-1-2-4-10(8)20-11/h7,9H,1-6H2,(H2,14,18,19). The number of hydrogen-bond donors (Lipinski definition) is 1. The fraction of sp³-hybridized carbons (Fsp3) is 0.538. The first-order valence-electron chi connectivity index (χ1n) is 7.13. The van der Waals surface area contributed by atoms with Crippen LogP contribution >= 0.6 is 11.3 Å². The Labute approximate surface area is 127 Å². The molecule has 2 aliphatic rings. The van der Waals surface area contributed by atoms with Crippen molar-refractivity contribution >= 4 is 21.4 Å². The van der Waals surface area contributed by atoms with Crippen LogP contribution in [-0.2, 0) is 22.9 Å². The van der Waals surface area contributed by atoms with Gasteiger partial charge in [-0.25, -0.2) is 13.6 Å². The molecule has 2 aliphatic carbocycles. The highest BCUT2D eigenvalue weighted by molar-refractivity contribution is 7.89. The Morgan fingerprint density at radius 3 is 2.67 bits per heavy atom. The molecule has 0 bridgehead atoms. The molecule has 21 heavy (non-hydrogen) atoms. The molecule has 112 valence electrons. The molecule has 1 saturated carbocycles. The maximum absolute atomic E-state index is 11.7. The fourth-order valence-corrected chi connectivity index (χ4v) is 4.80. The predicted molar refractivity (Wildman–Crippen MR) is 79.6 cm³/mol. The second-order valence-electron chi connectivity index (χ2n) is 5.72. The normalized spacial score (nSPS) is 18.7. The third-order valence-corrected chi connectivity index (χ3v) is 6.07. The van der Waals surface area contributed by atoms with Gasteiger partial charge in [0.15, 0.2) is 5.82 Å². The molecular formula is C13H16N4O2S2. The summed E-state index contributed by atoms with van der Waals surface area (Å²) in [5.74, 6) is 0.654. The largest absolute Gasteiger partial charge is 0.293 e. The molecule has 1 fully saturated rings. The number of nitrogens with zero attached hydrogens (tertiary/aromatic N) is 3. The van der Waals surface area contributed by atoms with Crippen LogP contribution < -0.4 is 5.14 Å². The van der Waals surface area contributed by atoms with Crippen LogP contribution in [0.4, 0.5) is 0 Å². The molecule has 8 heteroatoms. The SMILES string of the molecule is NS(=O)(=O)c1nnc(-c2cc3c(s2)CCCC3)n1C1CC1. The molecule has 2 aromatic rings. The number of thiophene rings is 1. The number of rotatable bonds is 3. The van der Waals surface area contributed by atoms with Gasteiger partial charge in [0.25, 0.3) is 15.2 Å². The number of aromatic nitrogens is 3. The third-order valence-electron chi connectivity index (χ3n) is 4.05. The number of fused-ring (bicyclic) bond motifs is 1. The highest BCUT2D eigenvalue weighted by Crippen LogP contribution is 2.42. The van der Waals surface area contributed by atoms with E-state index in [0.717, 1.165) is 30.6 Å². The van der Waals surface area contributed by atoms with Crippen molar-refractivity contribution in [1.29, 1.82) is 0 Å². The maximum Gasteiger partial charge on any atom is 0.273 e. The molecular weight excluding hydrogens is 308 g/mol. The second kappa shape index (κ2) is 4.62. The number of hydrogen-bond acceptors (Lipinski definition) is 5. The van der Waals surface area contributed by atoms with Crippen LogP contribution in [0.15, 0.2) is 11.2 Å². The maximum atomic E-state index is 11.7. The average molecular weight is 324 g/mol. The number of sulfonamides is 1. The third kappa shape index (κ3) is 2.31. The van der Waals surface area contributed by atoms with Crippen molar-refractivity contribution < 1.29 is 8.42 Å². The van der Waals surface area contributed by atoms with Crippen molar-refractivity contribution in [2.75, 3.05) is 0 Å². The van der Waals surface area contributed by atoms with Gasteiger partial charge >= 0.3 is 0 Å². The van der Waals surface area contributed by atoms with Gasteiger partial charge in [0.2, 0.25) is 0 Å². The summed E-state index contributed by atoms with van der Waals surface area (Å²) >= 11 is 1.71. The van der Waals surface area contributed by atoms with E-state index in [2.05, 4.69) is 16.3 Å². The monoisotopic (exact) mass is 324 g/mol. The molecule has 0 atom stereocenters. The fourth-order valence-electron chi connectivity index (χ4n) is 2.90. The van der Waals surface area contributed by atoms with Crippen molar-refractivity contribution in [1.82, 2.24) is 14.8 Å². The summed E-state index contributed by atoms with van der Waals surface area (Å²) in [5, 5.41) is 13.1. The Balaban J connectivity index is 1.85. The van der Waals surface area contributed by atoms with E-state index in [1.807, 2.05) is 0 Å². The van der Waals surface area contributed by atoms with Gasteiger partial charge in [-0.15, -0.1) is 21.5 Å². The number of primary sulfonamides is 1. The van der Waals surface area contributed by atoms with Crippen molar-refractivity contribution in [2.24, 2.45) is 5.14 Å². The quantitative estimate of drug-likeness (QED) is 0.933. The van der Waals surface area contributed by atoms with Crippen LogP contribution in [0.25, 0.3) is 10.7 Å². The van der Waals surface area contributed by atoms with Gasteiger partial charge in [-0.05, 0) is 50.2 Å². The van der Waals surface area contributed by atoms with E-state index < -0.39 is 10.0 Å². The summed E-state index contributed by atoms with van der Waals surface area (Å²) in [6, 6.07) is 2.32. The van der Waals surface area contributed by atoms with E-state index in [0.29, 0.717) is 5.82 Å². The highest BCUT2D eigenvalue weighted by Gasteiger charge is 2.34. The van der Waals surface area contributed by atoms with Gasteiger partial charge in [-0.1, -0.05) is 0 Å². The minimum Gasteiger partial charge on any atom is -0.293 e. The molecule has 0 saturated heterocycles. The zero-order chi connectivity index (χ0) is 14.6. The first-order valence-corrected chi connectivity index (χ1v) is 9.50. The molecule has 2 heterocycles. The lowest BCUT2D eigenvalue weighted by atomic mass is 9.99. The lowest BCUT2D eigenvalue weighted by molar-refractivity contribution is 0.567. The zero-order valence-electron chi connectivity index (χ0n) is 11.4. The van der Waals surface area contributed by atoms with E-state index in [1.165, 1.54) is 23.3 Å². The Hall–Kier alpha value is -1.25. The first kappa shape index (κ1) is 13.4. The van der Waals surface area contributed by atoms with E-state index in [-0.39, 0.29) is 11.2 Å². The molecule has 2 aromatic heterocycles. The molecule has 0 unspecified atom stereocenters. The molecule has 0 aromatic carbocycles. The Kier molecular flexibility index (Phi) is 2.95. The summed E-state index contributed by atoms with van der Waals surface area (Å²) in [5.41, 5.74) is 1.38. The lowest BCUT2D eigenvalue weighted by Gasteiger charge is -2.08. The van der Waals surface area contributed by atoms with Crippen molar-refractivity contribution in [3.05, 3.63) is 16.5 Å². The summed E-state index contributed by atoms with van der Waals surface area (Å²) in [7, 11) is -3.83.